The molecule has 0 aliphatic heterocycles. The second-order valence-corrected chi connectivity index (χ2v) is 3.42. The molecule has 13 heavy (non-hydrogen) atoms. The topological polar surface area (TPSA) is 22.1 Å². The predicted molar refractivity (Wildman–Crippen MR) is 61.8 cm³/mol. The molecule has 0 aromatic carbocycles. The van der Waals surface area contributed by atoms with E-state index in [-0.39, 0.29) is 0 Å². The van der Waals surface area contributed by atoms with Gasteiger partial charge in [-0.2, -0.15) is 0 Å². The van der Waals surface area contributed by atoms with Crippen LogP contribution < -0.4 is 4.74 Å². The van der Waals surface area contributed by atoms with Crippen LogP contribution in [0.5, 0.6) is 5.88 Å². The minimum absolute atomic E-state index is 0.598. The molecule has 1 rings (SSSR count). The lowest BCUT2D eigenvalue weighted by atomic mass is 10.4. The van der Waals surface area contributed by atoms with E-state index in [2.05, 4.69) is 33.5 Å². The Kier molecular flexibility index (Phi) is 6.16. The third-order valence-corrected chi connectivity index (χ3v) is 2.32. The molecule has 0 amide bonds. The molecule has 0 spiro atoms. The first kappa shape index (κ1) is 12.8. The van der Waals surface area contributed by atoms with E-state index in [9.17, 15) is 0 Å². The summed E-state index contributed by atoms with van der Waals surface area (Å²) in [6.07, 6.45) is 0. The van der Waals surface area contributed by atoms with Gasteiger partial charge in [-0.05, 0) is 28.9 Å². The number of hydrogen-bond acceptors (Lipinski definition) is 3. The fraction of sp³-hybridized carbons (Fsp3) is 0.444. The van der Waals surface area contributed by atoms with Crippen LogP contribution in [0, 0.1) is 6.92 Å². The summed E-state index contributed by atoms with van der Waals surface area (Å²) in [7, 11) is 1.59. The zero-order valence-electron chi connectivity index (χ0n) is 8.26. The van der Waals surface area contributed by atoms with Crippen molar-refractivity contribution < 1.29 is 4.74 Å². The van der Waals surface area contributed by atoms with Crippen molar-refractivity contribution in [3.8, 4) is 5.88 Å². The third-order valence-electron chi connectivity index (χ3n) is 1.30. The van der Waals surface area contributed by atoms with Crippen LogP contribution in [0.15, 0.2) is 15.4 Å². The normalized spacial score (nSPS) is 8.77. The maximum absolute atomic E-state index is 4.99. The molecular formula is C9H14BrNOS. The van der Waals surface area contributed by atoms with E-state index in [1.807, 2.05) is 26.8 Å². The molecule has 0 aliphatic rings. The van der Waals surface area contributed by atoms with E-state index >= 15 is 0 Å². The Labute approximate surface area is 93.3 Å². The predicted octanol–water partition coefficient (Wildman–Crippen LogP) is 3.48. The number of aryl methyl sites for hydroxylation is 1. The van der Waals surface area contributed by atoms with Crippen LogP contribution in [0.2, 0.25) is 0 Å². The first-order valence-electron chi connectivity index (χ1n) is 4.05. The highest BCUT2D eigenvalue weighted by molar-refractivity contribution is 9.10. The molecule has 0 radical (unpaired) electrons. The molecule has 0 unspecified atom stereocenters. The number of methoxy groups -OCH3 is 1. The van der Waals surface area contributed by atoms with E-state index in [0.717, 1.165) is 15.1 Å². The minimum atomic E-state index is 0.598. The number of rotatable bonds is 1. The van der Waals surface area contributed by atoms with Gasteiger partial charge in [-0.3, -0.25) is 0 Å². The van der Waals surface area contributed by atoms with Crippen molar-refractivity contribution in [2.24, 2.45) is 0 Å². The number of nitrogens with zero attached hydrogens (tertiary/aromatic N) is 1. The van der Waals surface area contributed by atoms with Crippen LogP contribution in [0.3, 0.4) is 0 Å². The highest BCUT2D eigenvalue weighted by Crippen LogP contribution is 2.26. The molecule has 0 saturated heterocycles. The lowest BCUT2D eigenvalue weighted by molar-refractivity contribution is 0.393. The minimum Gasteiger partial charge on any atom is -0.480 e. The molecule has 0 saturated carbocycles. The average molecular weight is 264 g/mol. The number of halogens is 1. The molecule has 1 aromatic rings. The van der Waals surface area contributed by atoms with Gasteiger partial charge >= 0.3 is 0 Å². The van der Waals surface area contributed by atoms with Crippen LogP contribution >= 0.6 is 28.6 Å². The van der Waals surface area contributed by atoms with Gasteiger partial charge in [0.25, 0.3) is 0 Å². The molecule has 2 nitrogen and oxygen atoms in total. The van der Waals surface area contributed by atoms with Crippen molar-refractivity contribution in [2.45, 2.75) is 25.7 Å². The number of pyridine rings is 1. The summed E-state index contributed by atoms with van der Waals surface area (Å²) in [5, 5.41) is 0. The molecule has 0 bridgehead atoms. The van der Waals surface area contributed by atoms with Crippen molar-refractivity contribution in [1.29, 1.82) is 0 Å². The monoisotopic (exact) mass is 263 g/mol. The maximum atomic E-state index is 4.99. The Morgan fingerprint density at radius 3 is 2.46 bits per heavy atom. The second kappa shape index (κ2) is 6.27. The van der Waals surface area contributed by atoms with Crippen LogP contribution in [0.25, 0.3) is 0 Å². The smallest absolute Gasteiger partial charge is 0.227 e. The number of hydrogen-bond donors (Lipinski definition) is 1. The zero-order chi connectivity index (χ0) is 10.4. The number of aromatic nitrogens is 1. The number of ether oxygens (including phenoxy) is 1. The molecule has 0 fully saturated rings. The number of thiol groups is 1. The van der Waals surface area contributed by atoms with Crippen molar-refractivity contribution >= 4 is 28.6 Å². The fourth-order valence-corrected chi connectivity index (χ4v) is 1.53. The first-order valence-corrected chi connectivity index (χ1v) is 5.29. The van der Waals surface area contributed by atoms with Crippen LogP contribution in [-0.4, -0.2) is 12.1 Å². The molecule has 1 aromatic heterocycles. The van der Waals surface area contributed by atoms with E-state index in [0.29, 0.717) is 5.88 Å². The Morgan fingerprint density at radius 2 is 2.00 bits per heavy atom. The van der Waals surface area contributed by atoms with Gasteiger partial charge in [0.2, 0.25) is 5.88 Å². The summed E-state index contributed by atoms with van der Waals surface area (Å²) < 4.78 is 5.82. The lowest BCUT2D eigenvalue weighted by Gasteiger charge is -2.04. The SMILES string of the molecule is CC.COc1nc(C)c(S)cc1Br. The van der Waals surface area contributed by atoms with E-state index in [1.54, 1.807) is 7.11 Å². The lowest BCUT2D eigenvalue weighted by Crippen LogP contribution is -1.91. The van der Waals surface area contributed by atoms with Gasteiger partial charge < -0.3 is 4.74 Å². The average Bonchev–Trinajstić information content (AvgIpc) is 2.15. The summed E-state index contributed by atoms with van der Waals surface area (Å²) in [5.41, 5.74) is 0.869. The highest BCUT2D eigenvalue weighted by Gasteiger charge is 2.03. The van der Waals surface area contributed by atoms with Gasteiger partial charge in [-0.1, -0.05) is 13.8 Å². The third kappa shape index (κ3) is 3.56. The second-order valence-electron chi connectivity index (χ2n) is 2.08. The van der Waals surface area contributed by atoms with Crippen LogP contribution in [0.1, 0.15) is 19.5 Å². The molecule has 0 N–H and O–H groups in total. The summed E-state index contributed by atoms with van der Waals surface area (Å²) in [6, 6.07) is 1.87. The molecule has 74 valence electrons. The van der Waals surface area contributed by atoms with Crippen LogP contribution in [0.4, 0.5) is 0 Å². The standard InChI is InChI=1S/C7H8BrNOS.C2H6/c1-4-6(11)3-5(8)7(9-4)10-2;1-2/h3,11H,1-2H3;1-2H3. The largest absolute Gasteiger partial charge is 0.480 e. The van der Waals surface area contributed by atoms with Gasteiger partial charge in [0.15, 0.2) is 0 Å². The summed E-state index contributed by atoms with van der Waals surface area (Å²) in [5.74, 6) is 0.598. The fourth-order valence-electron chi connectivity index (χ4n) is 0.692. The van der Waals surface area contributed by atoms with Gasteiger partial charge in [0.05, 0.1) is 17.3 Å². The van der Waals surface area contributed by atoms with Crippen molar-refractivity contribution in [1.82, 2.24) is 4.98 Å². The van der Waals surface area contributed by atoms with Gasteiger partial charge in [0, 0.05) is 4.90 Å². The van der Waals surface area contributed by atoms with E-state index in [1.165, 1.54) is 0 Å². The van der Waals surface area contributed by atoms with Gasteiger partial charge in [0.1, 0.15) is 0 Å². The van der Waals surface area contributed by atoms with Crippen molar-refractivity contribution in [3.63, 3.8) is 0 Å². The molecule has 0 aliphatic carbocycles. The highest BCUT2D eigenvalue weighted by atomic mass is 79.9. The molecule has 1 heterocycles. The molecule has 4 heteroatoms. The van der Waals surface area contributed by atoms with Crippen molar-refractivity contribution in [2.75, 3.05) is 7.11 Å². The first-order chi connectivity index (χ1) is 6.15. The Hall–Kier alpha value is -0.220. The Morgan fingerprint density at radius 1 is 1.46 bits per heavy atom. The summed E-state index contributed by atoms with van der Waals surface area (Å²) >= 11 is 7.51. The van der Waals surface area contributed by atoms with Crippen molar-refractivity contribution in [3.05, 3.63) is 16.2 Å². The van der Waals surface area contributed by atoms with Gasteiger partial charge in [-0.15, -0.1) is 12.6 Å². The van der Waals surface area contributed by atoms with Crippen LogP contribution in [-0.2, 0) is 0 Å². The summed E-state index contributed by atoms with van der Waals surface area (Å²) in [4.78, 5) is 5.00. The summed E-state index contributed by atoms with van der Waals surface area (Å²) in [6.45, 7) is 5.89. The Bertz CT molecular complexity index is 279. The maximum Gasteiger partial charge on any atom is 0.227 e. The van der Waals surface area contributed by atoms with E-state index < -0.39 is 0 Å². The van der Waals surface area contributed by atoms with E-state index in [4.69, 9.17) is 4.74 Å². The molecular weight excluding hydrogens is 250 g/mol. The van der Waals surface area contributed by atoms with Gasteiger partial charge in [-0.25, -0.2) is 4.98 Å². The molecule has 0 atom stereocenters. The Balaban J connectivity index is 0.000000671. The zero-order valence-corrected chi connectivity index (χ0v) is 10.7. The quantitative estimate of drug-likeness (QED) is 0.784.